The van der Waals surface area contributed by atoms with E-state index >= 15 is 0 Å². The highest BCUT2D eigenvalue weighted by atomic mass is 32.1. The summed E-state index contributed by atoms with van der Waals surface area (Å²) >= 11 is 1.84. The van der Waals surface area contributed by atoms with Gasteiger partial charge < -0.3 is 10.1 Å². The predicted molar refractivity (Wildman–Crippen MR) is 55.4 cm³/mol. The predicted octanol–water partition coefficient (Wildman–Crippen LogP) is 1.89. The number of aryl methyl sites for hydroxylation is 1. The largest absolute Gasteiger partial charge is 0.371 e. The summed E-state index contributed by atoms with van der Waals surface area (Å²) in [6.45, 7) is 3.99. The van der Waals surface area contributed by atoms with Gasteiger partial charge in [0, 0.05) is 11.4 Å². The topological polar surface area (TPSA) is 21.3 Å². The molecule has 1 aromatic heterocycles. The van der Waals surface area contributed by atoms with E-state index in [-0.39, 0.29) is 6.10 Å². The van der Waals surface area contributed by atoms with Gasteiger partial charge in [-0.05, 0) is 36.9 Å². The summed E-state index contributed by atoms with van der Waals surface area (Å²) in [5.74, 6) is 0. The van der Waals surface area contributed by atoms with Crippen LogP contribution in [0.3, 0.4) is 0 Å². The first-order valence-electron chi connectivity index (χ1n) is 4.66. The highest BCUT2D eigenvalue weighted by Crippen LogP contribution is 2.33. The van der Waals surface area contributed by atoms with Crippen molar-refractivity contribution in [2.24, 2.45) is 0 Å². The van der Waals surface area contributed by atoms with Crippen LogP contribution in [-0.2, 0) is 11.2 Å². The zero-order chi connectivity index (χ0) is 9.26. The first-order chi connectivity index (χ1) is 6.33. The van der Waals surface area contributed by atoms with Crippen molar-refractivity contribution in [3.8, 4) is 0 Å². The van der Waals surface area contributed by atoms with E-state index in [1.165, 1.54) is 16.0 Å². The smallest absolute Gasteiger partial charge is 0.104 e. The van der Waals surface area contributed by atoms with Crippen molar-refractivity contribution < 1.29 is 4.74 Å². The Labute approximate surface area is 82.9 Å². The molecule has 0 radical (unpaired) electrons. The second-order valence-electron chi connectivity index (χ2n) is 3.43. The van der Waals surface area contributed by atoms with E-state index in [1.54, 1.807) is 0 Å². The Morgan fingerprint density at radius 1 is 1.69 bits per heavy atom. The van der Waals surface area contributed by atoms with E-state index in [9.17, 15) is 0 Å². The molecule has 0 amide bonds. The van der Waals surface area contributed by atoms with Gasteiger partial charge >= 0.3 is 0 Å². The molecular formula is C10H15NOS. The number of likely N-dealkylation sites (N-methyl/N-ethyl adjacent to an activating group) is 1. The van der Waals surface area contributed by atoms with Crippen LogP contribution in [0, 0.1) is 6.92 Å². The molecule has 1 aromatic rings. The number of nitrogens with one attached hydrogen (secondary N) is 1. The monoisotopic (exact) mass is 197 g/mol. The number of hydrogen-bond acceptors (Lipinski definition) is 3. The van der Waals surface area contributed by atoms with Crippen LogP contribution in [0.2, 0.25) is 0 Å². The van der Waals surface area contributed by atoms with E-state index < -0.39 is 0 Å². The fourth-order valence-electron chi connectivity index (χ4n) is 1.80. The van der Waals surface area contributed by atoms with Gasteiger partial charge in [-0.25, -0.2) is 0 Å². The molecule has 1 aliphatic rings. The molecule has 0 aromatic carbocycles. The van der Waals surface area contributed by atoms with Gasteiger partial charge in [0.2, 0.25) is 0 Å². The van der Waals surface area contributed by atoms with Gasteiger partial charge in [-0.2, -0.15) is 0 Å². The average molecular weight is 197 g/mol. The molecule has 0 saturated heterocycles. The van der Waals surface area contributed by atoms with Crippen molar-refractivity contribution in [2.45, 2.75) is 19.4 Å². The molecular weight excluding hydrogens is 182 g/mol. The SMILES string of the molecule is CNCC1OCCc2c(C)csc21. The lowest BCUT2D eigenvalue weighted by atomic mass is 10.0. The highest BCUT2D eigenvalue weighted by Gasteiger charge is 2.22. The fourth-order valence-corrected chi connectivity index (χ4v) is 2.95. The number of hydrogen-bond donors (Lipinski definition) is 1. The molecule has 1 N–H and O–H groups in total. The van der Waals surface area contributed by atoms with E-state index in [0.29, 0.717) is 0 Å². The summed E-state index contributed by atoms with van der Waals surface area (Å²) in [7, 11) is 1.97. The first-order valence-corrected chi connectivity index (χ1v) is 5.54. The van der Waals surface area contributed by atoms with Crippen LogP contribution >= 0.6 is 11.3 Å². The Bertz CT molecular complexity index is 295. The third-order valence-corrected chi connectivity index (χ3v) is 3.72. The number of fused-ring (bicyclic) bond motifs is 1. The minimum atomic E-state index is 0.285. The molecule has 0 spiro atoms. The summed E-state index contributed by atoms with van der Waals surface area (Å²) in [4.78, 5) is 1.43. The third-order valence-electron chi connectivity index (χ3n) is 2.49. The van der Waals surface area contributed by atoms with Gasteiger partial charge in [-0.1, -0.05) is 0 Å². The van der Waals surface area contributed by atoms with Crippen molar-refractivity contribution in [1.82, 2.24) is 5.32 Å². The molecule has 72 valence electrons. The Balaban J connectivity index is 2.27. The van der Waals surface area contributed by atoms with Gasteiger partial charge in [0.15, 0.2) is 0 Å². The molecule has 13 heavy (non-hydrogen) atoms. The molecule has 0 aliphatic carbocycles. The van der Waals surface area contributed by atoms with Crippen molar-refractivity contribution >= 4 is 11.3 Å². The van der Waals surface area contributed by atoms with Crippen molar-refractivity contribution in [1.29, 1.82) is 0 Å². The van der Waals surface area contributed by atoms with Gasteiger partial charge in [0.25, 0.3) is 0 Å². The molecule has 0 fully saturated rings. The Morgan fingerprint density at radius 2 is 2.54 bits per heavy atom. The van der Waals surface area contributed by atoms with Crippen LogP contribution in [0.15, 0.2) is 5.38 Å². The summed E-state index contributed by atoms with van der Waals surface area (Å²) in [6.07, 6.45) is 1.37. The normalized spacial score (nSPS) is 21.5. The van der Waals surface area contributed by atoms with E-state index in [1.807, 2.05) is 18.4 Å². The van der Waals surface area contributed by atoms with Gasteiger partial charge in [-0.15, -0.1) is 11.3 Å². The molecule has 0 saturated carbocycles. The maximum absolute atomic E-state index is 5.71. The van der Waals surface area contributed by atoms with Crippen LogP contribution in [0.4, 0.5) is 0 Å². The summed E-state index contributed by atoms with van der Waals surface area (Å²) in [6, 6.07) is 0. The lowest BCUT2D eigenvalue weighted by Crippen LogP contribution is -2.24. The number of ether oxygens (including phenoxy) is 1. The van der Waals surface area contributed by atoms with Gasteiger partial charge in [0.1, 0.15) is 6.10 Å². The molecule has 2 nitrogen and oxygen atoms in total. The minimum absolute atomic E-state index is 0.285. The Morgan fingerprint density at radius 3 is 3.31 bits per heavy atom. The van der Waals surface area contributed by atoms with Crippen LogP contribution in [0.5, 0.6) is 0 Å². The summed E-state index contributed by atoms with van der Waals surface area (Å²) < 4.78 is 5.71. The number of rotatable bonds is 2. The molecule has 1 atom stereocenters. The van der Waals surface area contributed by atoms with Gasteiger partial charge in [0.05, 0.1) is 6.61 Å². The zero-order valence-electron chi connectivity index (χ0n) is 8.09. The summed E-state index contributed by atoms with van der Waals surface area (Å²) in [5.41, 5.74) is 2.96. The van der Waals surface area contributed by atoms with Crippen molar-refractivity contribution in [3.05, 3.63) is 21.4 Å². The van der Waals surface area contributed by atoms with E-state index in [2.05, 4.69) is 17.6 Å². The Kier molecular flexibility index (Phi) is 2.67. The van der Waals surface area contributed by atoms with E-state index in [4.69, 9.17) is 4.74 Å². The zero-order valence-corrected chi connectivity index (χ0v) is 8.91. The molecule has 2 heterocycles. The second kappa shape index (κ2) is 3.78. The third kappa shape index (κ3) is 1.64. The van der Waals surface area contributed by atoms with Crippen molar-refractivity contribution in [2.75, 3.05) is 20.2 Å². The van der Waals surface area contributed by atoms with Crippen LogP contribution in [-0.4, -0.2) is 20.2 Å². The average Bonchev–Trinajstić information content (AvgIpc) is 2.50. The van der Waals surface area contributed by atoms with Crippen LogP contribution in [0.25, 0.3) is 0 Å². The molecule has 2 rings (SSSR count). The molecule has 1 aliphatic heterocycles. The number of thiophene rings is 1. The van der Waals surface area contributed by atoms with Crippen LogP contribution in [0.1, 0.15) is 22.1 Å². The maximum Gasteiger partial charge on any atom is 0.104 e. The lowest BCUT2D eigenvalue weighted by molar-refractivity contribution is 0.0467. The summed E-state index contributed by atoms with van der Waals surface area (Å²) in [5, 5.41) is 5.41. The quantitative estimate of drug-likeness (QED) is 0.781. The molecule has 1 unspecified atom stereocenters. The van der Waals surface area contributed by atoms with E-state index in [0.717, 1.165) is 19.6 Å². The standard InChI is InChI=1S/C10H15NOS/c1-7-6-13-10-8(7)3-4-12-9(10)5-11-2/h6,9,11H,3-5H2,1-2H3. The van der Waals surface area contributed by atoms with Crippen LogP contribution < -0.4 is 5.32 Å². The second-order valence-corrected chi connectivity index (χ2v) is 4.34. The molecule has 0 bridgehead atoms. The first kappa shape index (κ1) is 9.19. The lowest BCUT2D eigenvalue weighted by Gasteiger charge is -2.23. The van der Waals surface area contributed by atoms with Crippen molar-refractivity contribution in [3.63, 3.8) is 0 Å². The molecule has 3 heteroatoms. The fraction of sp³-hybridized carbons (Fsp3) is 0.600. The van der Waals surface area contributed by atoms with Gasteiger partial charge in [-0.3, -0.25) is 0 Å². The maximum atomic E-state index is 5.71. The Hall–Kier alpha value is -0.380. The minimum Gasteiger partial charge on any atom is -0.371 e. The highest BCUT2D eigenvalue weighted by molar-refractivity contribution is 7.10.